The first-order chi connectivity index (χ1) is 9.90. The lowest BCUT2D eigenvalue weighted by Crippen LogP contribution is -2.49. The summed E-state index contributed by atoms with van der Waals surface area (Å²) in [5.41, 5.74) is 0. The van der Waals surface area contributed by atoms with E-state index in [9.17, 15) is 4.79 Å². The molecule has 0 aromatic carbocycles. The molecule has 124 valence electrons. The van der Waals surface area contributed by atoms with E-state index >= 15 is 0 Å². The van der Waals surface area contributed by atoms with Crippen LogP contribution in [0.2, 0.25) is 0 Å². The molecule has 0 saturated carbocycles. The van der Waals surface area contributed by atoms with E-state index in [1.807, 2.05) is 20.8 Å². The number of ether oxygens (including phenoxy) is 1. The van der Waals surface area contributed by atoms with Gasteiger partial charge >= 0.3 is 0 Å². The maximum Gasteiger partial charge on any atom is 0.237 e. The number of hydrogen-bond acceptors (Lipinski definition) is 3. The van der Waals surface area contributed by atoms with Gasteiger partial charge in [-0.1, -0.05) is 0 Å². The highest BCUT2D eigenvalue weighted by Crippen LogP contribution is 2.23. The third kappa shape index (κ3) is 7.28. The average Bonchev–Trinajstić information content (AvgIpc) is 2.42. The van der Waals surface area contributed by atoms with Crippen molar-refractivity contribution in [3.63, 3.8) is 0 Å². The first-order valence-electron chi connectivity index (χ1n) is 8.56. The summed E-state index contributed by atoms with van der Waals surface area (Å²) in [5, 5.41) is 3.01. The summed E-state index contributed by atoms with van der Waals surface area (Å²) in [7, 11) is 0. The highest BCUT2D eigenvalue weighted by atomic mass is 16.5. The van der Waals surface area contributed by atoms with Crippen molar-refractivity contribution < 1.29 is 9.53 Å². The lowest BCUT2D eigenvalue weighted by atomic mass is 9.91. The molecule has 0 aromatic heterocycles. The monoisotopic (exact) mass is 298 g/mol. The predicted octanol–water partition coefficient (Wildman–Crippen LogP) is 2.82. The minimum absolute atomic E-state index is 0.00220. The number of rotatable bonds is 8. The molecular weight excluding hydrogens is 264 g/mol. The van der Waals surface area contributed by atoms with Gasteiger partial charge in [0, 0.05) is 12.6 Å². The zero-order chi connectivity index (χ0) is 15.8. The van der Waals surface area contributed by atoms with Gasteiger partial charge in [-0.15, -0.1) is 0 Å². The summed E-state index contributed by atoms with van der Waals surface area (Å²) in [6.45, 7) is 13.2. The number of amides is 1. The standard InChI is InChI=1S/C17H34N2O2/c1-13(2)18-17(20)15(5)19-10-8-16(9-11-19)7-6-12-21-14(3)4/h13-16H,6-12H2,1-5H3,(H,18,20)/t15-/m0/s1. The number of nitrogens with one attached hydrogen (secondary N) is 1. The Morgan fingerprint density at radius 2 is 1.81 bits per heavy atom. The summed E-state index contributed by atoms with van der Waals surface area (Å²) < 4.78 is 5.60. The number of hydrogen-bond donors (Lipinski definition) is 1. The van der Waals surface area contributed by atoms with E-state index in [4.69, 9.17) is 4.74 Å². The fourth-order valence-electron chi connectivity index (χ4n) is 2.89. The zero-order valence-corrected chi connectivity index (χ0v) is 14.5. The van der Waals surface area contributed by atoms with Gasteiger partial charge in [-0.3, -0.25) is 9.69 Å². The van der Waals surface area contributed by atoms with Gasteiger partial charge in [-0.05, 0) is 79.3 Å². The highest BCUT2D eigenvalue weighted by molar-refractivity contribution is 5.81. The molecule has 1 aliphatic rings. The Kier molecular flexibility index (Phi) is 8.27. The normalized spacial score (nSPS) is 19.2. The maximum absolute atomic E-state index is 12.0. The molecule has 1 aliphatic heterocycles. The van der Waals surface area contributed by atoms with Crippen LogP contribution in [0, 0.1) is 5.92 Å². The van der Waals surface area contributed by atoms with Gasteiger partial charge in [0.25, 0.3) is 0 Å². The largest absolute Gasteiger partial charge is 0.379 e. The van der Waals surface area contributed by atoms with Crippen molar-refractivity contribution in [3.05, 3.63) is 0 Å². The van der Waals surface area contributed by atoms with E-state index in [2.05, 4.69) is 24.1 Å². The van der Waals surface area contributed by atoms with Gasteiger partial charge in [0.1, 0.15) is 0 Å². The summed E-state index contributed by atoms with van der Waals surface area (Å²) in [5.74, 6) is 0.964. The lowest BCUT2D eigenvalue weighted by Gasteiger charge is -2.35. The number of carbonyl (C=O) groups is 1. The number of nitrogens with zero attached hydrogens (tertiary/aromatic N) is 1. The molecule has 1 fully saturated rings. The summed E-state index contributed by atoms with van der Waals surface area (Å²) in [6, 6.07) is 0.219. The molecule has 0 unspecified atom stereocenters. The highest BCUT2D eigenvalue weighted by Gasteiger charge is 2.26. The molecule has 1 saturated heterocycles. The Labute approximate surface area is 130 Å². The Morgan fingerprint density at radius 1 is 1.19 bits per heavy atom. The first kappa shape index (κ1) is 18.4. The number of likely N-dealkylation sites (tertiary alicyclic amines) is 1. The third-order valence-electron chi connectivity index (χ3n) is 4.22. The van der Waals surface area contributed by atoms with Crippen LogP contribution in [0.5, 0.6) is 0 Å². The van der Waals surface area contributed by atoms with Gasteiger partial charge in [0.2, 0.25) is 5.91 Å². The fraction of sp³-hybridized carbons (Fsp3) is 0.941. The van der Waals surface area contributed by atoms with Gasteiger partial charge in [-0.2, -0.15) is 0 Å². The molecule has 1 amide bonds. The van der Waals surface area contributed by atoms with Gasteiger partial charge < -0.3 is 10.1 Å². The van der Waals surface area contributed by atoms with Crippen LogP contribution in [-0.4, -0.2) is 48.7 Å². The van der Waals surface area contributed by atoms with E-state index in [0.717, 1.165) is 32.0 Å². The zero-order valence-electron chi connectivity index (χ0n) is 14.5. The summed E-state index contributed by atoms with van der Waals surface area (Å²) in [6.07, 6.45) is 5.17. The van der Waals surface area contributed by atoms with E-state index in [-0.39, 0.29) is 18.0 Å². The van der Waals surface area contributed by atoms with E-state index in [1.165, 1.54) is 19.3 Å². The molecular formula is C17H34N2O2. The lowest BCUT2D eigenvalue weighted by molar-refractivity contribution is -0.127. The molecule has 1 N–H and O–H groups in total. The van der Waals surface area contributed by atoms with Crippen LogP contribution in [-0.2, 0) is 9.53 Å². The smallest absolute Gasteiger partial charge is 0.237 e. The van der Waals surface area contributed by atoms with Crippen molar-refractivity contribution in [2.24, 2.45) is 5.92 Å². The van der Waals surface area contributed by atoms with Crippen molar-refractivity contribution >= 4 is 5.91 Å². The second-order valence-corrected chi connectivity index (χ2v) is 6.88. The van der Waals surface area contributed by atoms with E-state index in [1.54, 1.807) is 0 Å². The molecule has 0 bridgehead atoms. The Morgan fingerprint density at radius 3 is 2.33 bits per heavy atom. The molecule has 21 heavy (non-hydrogen) atoms. The van der Waals surface area contributed by atoms with E-state index < -0.39 is 0 Å². The molecule has 1 rings (SSSR count). The second kappa shape index (κ2) is 9.42. The van der Waals surface area contributed by atoms with Crippen LogP contribution in [0.4, 0.5) is 0 Å². The topological polar surface area (TPSA) is 41.6 Å². The minimum atomic E-state index is -0.00220. The van der Waals surface area contributed by atoms with Crippen LogP contribution in [0.25, 0.3) is 0 Å². The van der Waals surface area contributed by atoms with Gasteiger partial charge in [0.15, 0.2) is 0 Å². The average molecular weight is 298 g/mol. The van der Waals surface area contributed by atoms with Crippen molar-refractivity contribution in [2.75, 3.05) is 19.7 Å². The second-order valence-electron chi connectivity index (χ2n) is 6.88. The van der Waals surface area contributed by atoms with Crippen molar-refractivity contribution in [3.8, 4) is 0 Å². The van der Waals surface area contributed by atoms with Crippen LogP contribution < -0.4 is 5.32 Å². The minimum Gasteiger partial charge on any atom is -0.379 e. The van der Waals surface area contributed by atoms with Crippen LogP contribution in [0.15, 0.2) is 0 Å². The van der Waals surface area contributed by atoms with Gasteiger partial charge in [0.05, 0.1) is 12.1 Å². The van der Waals surface area contributed by atoms with Crippen molar-refractivity contribution in [2.45, 2.75) is 78.5 Å². The summed E-state index contributed by atoms with van der Waals surface area (Å²) in [4.78, 5) is 14.4. The van der Waals surface area contributed by atoms with Crippen LogP contribution in [0.3, 0.4) is 0 Å². The molecule has 4 nitrogen and oxygen atoms in total. The Balaban J connectivity index is 2.20. The maximum atomic E-state index is 12.0. The van der Waals surface area contributed by atoms with Crippen molar-refractivity contribution in [1.29, 1.82) is 0 Å². The summed E-state index contributed by atoms with van der Waals surface area (Å²) >= 11 is 0. The van der Waals surface area contributed by atoms with E-state index in [0.29, 0.717) is 6.10 Å². The first-order valence-corrected chi connectivity index (χ1v) is 8.56. The Hall–Kier alpha value is -0.610. The molecule has 0 aliphatic carbocycles. The molecule has 1 heterocycles. The molecule has 0 radical (unpaired) electrons. The number of piperidine rings is 1. The van der Waals surface area contributed by atoms with Crippen LogP contribution in [0.1, 0.15) is 60.3 Å². The Bertz CT molecular complexity index is 297. The SMILES string of the molecule is CC(C)NC(=O)[C@H](C)N1CCC(CCCOC(C)C)CC1. The fourth-order valence-corrected chi connectivity index (χ4v) is 2.89. The van der Waals surface area contributed by atoms with Crippen molar-refractivity contribution in [1.82, 2.24) is 10.2 Å². The predicted molar refractivity (Wildman–Crippen MR) is 87.4 cm³/mol. The molecule has 4 heteroatoms. The van der Waals surface area contributed by atoms with Gasteiger partial charge in [-0.25, -0.2) is 0 Å². The number of carbonyl (C=O) groups excluding carboxylic acids is 1. The quantitative estimate of drug-likeness (QED) is 0.701. The molecule has 1 atom stereocenters. The molecule has 0 spiro atoms. The molecule has 0 aromatic rings. The van der Waals surface area contributed by atoms with Crippen LogP contribution >= 0.6 is 0 Å². The third-order valence-corrected chi connectivity index (χ3v) is 4.22.